The van der Waals surface area contributed by atoms with Crippen LogP contribution in [0.15, 0.2) is 18.5 Å². The lowest BCUT2D eigenvalue weighted by Gasteiger charge is -2.28. The average molecular weight is 288 g/mol. The lowest BCUT2D eigenvalue weighted by molar-refractivity contribution is -0.111. The number of morpholine rings is 1. The Morgan fingerprint density at radius 2 is 2.24 bits per heavy atom. The topological polar surface area (TPSA) is 96.0 Å². The van der Waals surface area contributed by atoms with Crippen molar-refractivity contribution in [1.29, 1.82) is 0 Å². The third-order valence-corrected chi connectivity index (χ3v) is 3.13. The van der Waals surface area contributed by atoms with Crippen molar-refractivity contribution in [3.05, 3.63) is 18.5 Å². The van der Waals surface area contributed by atoms with Crippen LogP contribution in [-0.2, 0) is 9.53 Å². The predicted molar refractivity (Wildman–Crippen MR) is 78.2 cm³/mol. The maximum Gasteiger partial charge on any atom is 0.250 e. The fourth-order valence-electron chi connectivity index (χ4n) is 2.18. The molecule has 2 aromatic heterocycles. The molecular formula is C13H16N6O2. The van der Waals surface area contributed by atoms with E-state index in [1.54, 1.807) is 19.3 Å². The minimum absolute atomic E-state index is 0.249. The second kappa shape index (κ2) is 5.88. The van der Waals surface area contributed by atoms with Crippen molar-refractivity contribution in [1.82, 2.24) is 19.9 Å². The van der Waals surface area contributed by atoms with Crippen molar-refractivity contribution in [3.63, 3.8) is 0 Å². The molecule has 0 spiro atoms. The highest BCUT2D eigenvalue weighted by molar-refractivity contribution is 5.98. The lowest BCUT2D eigenvalue weighted by Crippen LogP contribution is -2.37. The summed E-state index contributed by atoms with van der Waals surface area (Å²) in [6.45, 7) is 4.57. The molecule has 8 heteroatoms. The molecule has 110 valence electrons. The van der Waals surface area contributed by atoms with E-state index in [4.69, 9.17) is 4.74 Å². The van der Waals surface area contributed by atoms with Crippen LogP contribution in [0.2, 0.25) is 0 Å². The van der Waals surface area contributed by atoms with Crippen LogP contribution in [0.3, 0.4) is 0 Å². The number of carbonyl (C=O) groups is 1. The summed E-state index contributed by atoms with van der Waals surface area (Å²) in [5, 5.41) is 2.64. The quantitative estimate of drug-likeness (QED) is 0.807. The number of ether oxygens (including phenoxy) is 1. The van der Waals surface area contributed by atoms with Crippen molar-refractivity contribution < 1.29 is 9.53 Å². The number of H-pyrrole nitrogens is 1. The molecule has 1 amide bonds. The van der Waals surface area contributed by atoms with Gasteiger partial charge in [0.05, 0.1) is 19.5 Å². The number of anilines is 2. The molecule has 3 heterocycles. The molecule has 3 rings (SSSR count). The monoisotopic (exact) mass is 288 g/mol. The molecule has 1 saturated heterocycles. The predicted octanol–water partition coefficient (Wildman–Crippen LogP) is 0.704. The van der Waals surface area contributed by atoms with Gasteiger partial charge in [0.2, 0.25) is 11.9 Å². The van der Waals surface area contributed by atoms with Crippen molar-refractivity contribution >= 4 is 28.8 Å². The molecule has 0 atom stereocenters. The molecule has 2 N–H and O–H groups in total. The van der Waals surface area contributed by atoms with E-state index in [2.05, 4.69) is 30.2 Å². The van der Waals surface area contributed by atoms with Gasteiger partial charge in [-0.05, 0) is 13.0 Å². The van der Waals surface area contributed by atoms with E-state index >= 15 is 0 Å². The second-order valence-corrected chi connectivity index (χ2v) is 4.56. The van der Waals surface area contributed by atoms with E-state index in [1.807, 2.05) is 0 Å². The number of rotatable bonds is 3. The molecule has 0 aliphatic carbocycles. The molecule has 2 aromatic rings. The van der Waals surface area contributed by atoms with Crippen molar-refractivity contribution in [2.75, 3.05) is 36.5 Å². The highest BCUT2D eigenvalue weighted by Gasteiger charge is 2.19. The third-order valence-electron chi connectivity index (χ3n) is 3.13. The summed E-state index contributed by atoms with van der Waals surface area (Å²) >= 11 is 0. The summed E-state index contributed by atoms with van der Waals surface area (Å²) < 4.78 is 5.35. The first kappa shape index (κ1) is 13.5. The number of fused-ring (bicyclic) bond motifs is 1. The highest BCUT2D eigenvalue weighted by Crippen LogP contribution is 2.23. The number of amides is 1. The number of hydrogen-bond acceptors (Lipinski definition) is 6. The Morgan fingerprint density at radius 3 is 3.00 bits per heavy atom. The number of aromatic amines is 1. The summed E-state index contributed by atoms with van der Waals surface area (Å²) in [6, 6.07) is 0. The Morgan fingerprint density at radius 1 is 1.43 bits per heavy atom. The molecule has 0 radical (unpaired) electrons. The lowest BCUT2D eigenvalue weighted by atomic mass is 10.3. The van der Waals surface area contributed by atoms with Crippen LogP contribution < -0.4 is 10.2 Å². The van der Waals surface area contributed by atoms with E-state index in [9.17, 15) is 4.79 Å². The molecular weight excluding hydrogens is 272 g/mol. The Hall–Kier alpha value is -2.48. The number of allylic oxidation sites excluding steroid dienone is 1. The standard InChI is InChI=1S/C13H16N6O2/c1-2-3-9(20)16-13-17-11-10(14-8-15-11)12(18-13)19-4-6-21-7-5-19/h2-3,8H,4-7H2,1H3,(H2,14,15,16,17,18,20)/b3-2+. The van der Waals surface area contributed by atoms with Gasteiger partial charge < -0.3 is 14.6 Å². The number of nitrogens with one attached hydrogen (secondary N) is 2. The van der Waals surface area contributed by atoms with Gasteiger partial charge in [-0.1, -0.05) is 6.08 Å². The first-order valence-corrected chi connectivity index (χ1v) is 6.75. The van der Waals surface area contributed by atoms with Crippen LogP contribution in [0.25, 0.3) is 11.2 Å². The average Bonchev–Trinajstić information content (AvgIpc) is 2.96. The summed E-state index contributed by atoms with van der Waals surface area (Å²) in [4.78, 5) is 29.6. The number of nitrogens with zero attached hydrogens (tertiary/aromatic N) is 4. The van der Waals surface area contributed by atoms with Crippen LogP contribution in [0.5, 0.6) is 0 Å². The van der Waals surface area contributed by atoms with Crippen molar-refractivity contribution in [2.24, 2.45) is 0 Å². The van der Waals surface area contributed by atoms with Gasteiger partial charge in [0, 0.05) is 13.1 Å². The Kier molecular flexibility index (Phi) is 3.78. The maximum absolute atomic E-state index is 11.6. The molecule has 21 heavy (non-hydrogen) atoms. The highest BCUT2D eigenvalue weighted by atomic mass is 16.5. The molecule has 1 fully saturated rings. The summed E-state index contributed by atoms with van der Waals surface area (Å²) in [6.07, 6.45) is 4.65. The zero-order chi connectivity index (χ0) is 14.7. The van der Waals surface area contributed by atoms with E-state index in [-0.39, 0.29) is 11.9 Å². The van der Waals surface area contributed by atoms with Gasteiger partial charge in [-0.2, -0.15) is 9.97 Å². The Bertz CT molecular complexity index is 674. The summed E-state index contributed by atoms with van der Waals surface area (Å²) in [7, 11) is 0. The van der Waals surface area contributed by atoms with E-state index in [0.29, 0.717) is 18.9 Å². The summed E-state index contributed by atoms with van der Waals surface area (Å²) in [5.41, 5.74) is 1.29. The molecule has 1 aliphatic rings. The van der Waals surface area contributed by atoms with Crippen molar-refractivity contribution in [2.45, 2.75) is 6.92 Å². The van der Waals surface area contributed by atoms with Crippen LogP contribution in [-0.4, -0.2) is 52.1 Å². The molecule has 1 aliphatic heterocycles. The van der Waals surface area contributed by atoms with Gasteiger partial charge in [-0.15, -0.1) is 0 Å². The fraction of sp³-hybridized carbons (Fsp3) is 0.385. The van der Waals surface area contributed by atoms with Crippen molar-refractivity contribution in [3.8, 4) is 0 Å². The van der Waals surface area contributed by atoms with Gasteiger partial charge >= 0.3 is 0 Å². The maximum atomic E-state index is 11.6. The normalized spacial score (nSPS) is 15.8. The zero-order valence-corrected chi connectivity index (χ0v) is 11.7. The number of imidazole rings is 1. The van der Waals surface area contributed by atoms with Gasteiger partial charge in [0.15, 0.2) is 11.5 Å². The Balaban J connectivity index is 1.96. The second-order valence-electron chi connectivity index (χ2n) is 4.56. The molecule has 0 aromatic carbocycles. The number of aromatic nitrogens is 4. The molecule has 0 saturated carbocycles. The summed E-state index contributed by atoms with van der Waals surface area (Å²) in [5.74, 6) is 0.719. The van der Waals surface area contributed by atoms with Crippen LogP contribution in [0, 0.1) is 0 Å². The van der Waals surface area contributed by atoms with Gasteiger partial charge in [0.1, 0.15) is 5.52 Å². The first-order chi connectivity index (χ1) is 10.3. The number of carbonyl (C=O) groups excluding carboxylic acids is 1. The largest absolute Gasteiger partial charge is 0.378 e. The minimum atomic E-state index is -0.264. The SMILES string of the molecule is C/C=C/C(=O)Nc1nc(N2CCOCC2)c2[nH]cnc2n1. The fourth-order valence-corrected chi connectivity index (χ4v) is 2.18. The molecule has 0 bridgehead atoms. The smallest absolute Gasteiger partial charge is 0.250 e. The van der Waals surface area contributed by atoms with Crippen LogP contribution in [0.1, 0.15) is 6.92 Å². The van der Waals surface area contributed by atoms with E-state index in [0.717, 1.165) is 24.4 Å². The zero-order valence-electron chi connectivity index (χ0n) is 11.7. The molecule has 8 nitrogen and oxygen atoms in total. The third kappa shape index (κ3) is 2.84. The van der Waals surface area contributed by atoms with Gasteiger partial charge in [0.25, 0.3) is 0 Å². The van der Waals surface area contributed by atoms with Crippen LogP contribution in [0.4, 0.5) is 11.8 Å². The number of hydrogen-bond donors (Lipinski definition) is 2. The van der Waals surface area contributed by atoms with Gasteiger partial charge in [-0.3, -0.25) is 10.1 Å². The van der Waals surface area contributed by atoms with E-state index in [1.165, 1.54) is 6.08 Å². The first-order valence-electron chi connectivity index (χ1n) is 6.75. The van der Waals surface area contributed by atoms with Gasteiger partial charge in [-0.25, -0.2) is 4.98 Å². The van der Waals surface area contributed by atoms with Crippen LogP contribution >= 0.6 is 0 Å². The van der Waals surface area contributed by atoms with E-state index < -0.39 is 0 Å². The molecule has 0 unspecified atom stereocenters. The minimum Gasteiger partial charge on any atom is -0.378 e. The Labute approximate surface area is 121 Å².